The summed E-state index contributed by atoms with van der Waals surface area (Å²) >= 11 is 0. The Labute approximate surface area is 102 Å². The number of nitro groups is 1. The van der Waals surface area contributed by atoms with E-state index in [1.165, 1.54) is 0 Å². The van der Waals surface area contributed by atoms with E-state index in [0.29, 0.717) is 22.1 Å². The van der Waals surface area contributed by atoms with E-state index in [1.54, 1.807) is 18.2 Å². The number of methoxy groups -OCH3 is 1. The van der Waals surface area contributed by atoms with Crippen LogP contribution < -0.4 is 9.47 Å². The molecule has 1 heterocycles. The Morgan fingerprint density at radius 1 is 1.50 bits per heavy atom. The summed E-state index contributed by atoms with van der Waals surface area (Å²) in [6, 6.07) is 4.84. The van der Waals surface area contributed by atoms with E-state index in [1.807, 2.05) is 0 Å². The molecule has 1 aromatic rings. The van der Waals surface area contributed by atoms with Gasteiger partial charge in [-0.15, -0.1) is 0 Å². The summed E-state index contributed by atoms with van der Waals surface area (Å²) in [7, 11) is 1.08. The molecule has 0 radical (unpaired) electrons. The molecule has 96 valence electrons. The number of fused-ring (bicyclic) bond motifs is 1. The zero-order chi connectivity index (χ0) is 13.1. The summed E-state index contributed by atoms with van der Waals surface area (Å²) in [6.45, 7) is -0.0922. The van der Waals surface area contributed by atoms with Gasteiger partial charge in [-0.2, -0.15) is 0 Å². The monoisotopic (exact) mass is 254 g/mol. The minimum atomic E-state index is -1.03. The number of hydrazine groups is 1. The van der Waals surface area contributed by atoms with Gasteiger partial charge in [0.2, 0.25) is 6.79 Å². The first-order valence-electron chi connectivity index (χ1n) is 5.00. The van der Waals surface area contributed by atoms with Crippen LogP contribution in [0.1, 0.15) is 5.56 Å². The summed E-state index contributed by atoms with van der Waals surface area (Å²) in [5, 5.41) is 10.3. The van der Waals surface area contributed by atoms with Crippen LogP contribution in [-0.2, 0) is 11.3 Å². The van der Waals surface area contributed by atoms with Crippen LogP contribution in [0.2, 0.25) is 0 Å². The molecule has 0 atom stereocenters. The fourth-order valence-electron chi connectivity index (χ4n) is 1.51. The molecular weight excluding hydrogens is 244 g/mol. The van der Waals surface area contributed by atoms with Gasteiger partial charge < -0.3 is 14.2 Å². The molecule has 0 aliphatic carbocycles. The third-order valence-corrected chi connectivity index (χ3v) is 2.35. The number of ether oxygens (including phenoxy) is 3. The SMILES string of the molecule is COC(=O)N(Cc1ccc2c(c1)OCO2)[N+](=O)[O-]. The van der Waals surface area contributed by atoms with Crippen molar-refractivity contribution in [2.75, 3.05) is 13.9 Å². The second-order valence-electron chi connectivity index (χ2n) is 3.45. The Morgan fingerprint density at radius 2 is 2.22 bits per heavy atom. The van der Waals surface area contributed by atoms with Crippen LogP contribution in [0, 0.1) is 10.1 Å². The van der Waals surface area contributed by atoms with Crippen molar-refractivity contribution in [3.8, 4) is 11.5 Å². The number of carbonyl (C=O) groups excluding carboxylic acids is 1. The summed E-state index contributed by atoms with van der Waals surface area (Å²) < 4.78 is 14.6. The van der Waals surface area contributed by atoms with E-state index in [-0.39, 0.29) is 13.3 Å². The van der Waals surface area contributed by atoms with Crippen molar-refractivity contribution in [2.24, 2.45) is 0 Å². The molecule has 1 amide bonds. The number of nitrogens with zero attached hydrogens (tertiary/aromatic N) is 2. The molecular formula is C10H10N2O6. The lowest BCUT2D eigenvalue weighted by molar-refractivity contribution is -0.638. The Morgan fingerprint density at radius 3 is 2.89 bits per heavy atom. The molecule has 0 saturated carbocycles. The molecule has 0 bridgehead atoms. The van der Waals surface area contributed by atoms with Crippen molar-refractivity contribution in [3.63, 3.8) is 0 Å². The van der Waals surface area contributed by atoms with E-state index in [4.69, 9.17) is 9.47 Å². The fourth-order valence-corrected chi connectivity index (χ4v) is 1.51. The maximum atomic E-state index is 11.2. The Hall–Kier alpha value is -2.51. The van der Waals surface area contributed by atoms with E-state index in [0.717, 1.165) is 7.11 Å². The summed E-state index contributed by atoms with van der Waals surface area (Å²) in [4.78, 5) is 21.9. The molecule has 2 rings (SSSR count). The fraction of sp³-hybridized carbons (Fsp3) is 0.300. The quantitative estimate of drug-likeness (QED) is 0.594. The average Bonchev–Trinajstić information content (AvgIpc) is 2.82. The van der Waals surface area contributed by atoms with Gasteiger partial charge in [-0.1, -0.05) is 6.07 Å². The Kier molecular flexibility index (Phi) is 3.18. The minimum absolute atomic E-state index is 0.120. The highest BCUT2D eigenvalue weighted by molar-refractivity contribution is 5.66. The molecule has 1 aromatic carbocycles. The third-order valence-electron chi connectivity index (χ3n) is 2.35. The second kappa shape index (κ2) is 4.78. The highest BCUT2D eigenvalue weighted by Crippen LogP contribution is 2.32. The highest BCUT2D eigenvalue weighted by atomic mass is 16.7. The number of rotatable bonds is 3. The van der Waals surface area contributed by atoms with Gasteiger partial charge in [-0.3, -0.25) is 0 Å². The van der Waals surface area contributed by atoms with Gasteiger partial charge >= 0.3 is 6.09 Å². The van der Waals surface area contributed by atoms with Gasteiger partial charge in [0.1, 0.15) is 6.54 Å². The summed E-state index contributed by atoms with van der Waals surface area (Å²) in [5.74, 6) is 1.07. The van der Waals surface area contributed by atoms with Crippen LogP contribution in [0.4, 0.5) is 4.79 Å². The van der Waals surface area contributed by atoms with Gasteiger partial charge in [-0.05, 0) is 22.7 Å². The molecule has 8 heteroatoms. The predicted octanol–water partition coefficient (Wildman–Crippen LogP) is 1.18. The van der Waals surface area contributed by atoms with Gasteiger partial charge in [0, 0.05) is 0 Å². The first-order valence-corrected chi connectivity index (χ1v) is 5.00. The maximum absolute atomic E-state index is 11.2. The van der Waals surface area contributed by atoms with Crippen LogP contribution in [0.15, 0.2) is 18.2 Å². The van der Waals surface area contributed by atoms with Gasteiger partial charge in [-0.25, -0.2) is 14.9 Å². The Balaban J connectivity index is 2.16. The number of amides is 1. The maximum Gasteiger partial charge on any atom is 0.468 e. The standard InChI is InChI=1S/C10H10N2O6/c1-16-10(13)11(12(14)15)5-7-2-3-8-9(4-7)18-6-17-8/h2-4H,5-6H2,1H3. The normalized spacial score (nSPS) is 12.1. The molecule has 1 aliphatic rings. The molecule has 0 aromatic heterocycles. The van der Waals surface area contributed by atoms with Crippen LogP contribution in [0.25, 0.3) is 0 Å². The number of hydrogen-bond donors (Lipinski definition) is 0. The van der Waals surface area contributed by atoms with E-state index in [9.17, 15) is 14.9 Å². The first-order chi connectivity index (χ1) is 8.61. The zero-order valence-electron chi connectivity index (χ0n) is 9.49. The third kappa shape index (κ3) is 2.26. The van der Waals surface area contributed by atoms with Crippen LogP contribution >= 0.6 is 0 Å². The molecule has 1 aliphatic heterocycles. The topological polar surface area (TPSA) is 91.1 Å². The molecule has 0 N–H and O–H groups in total. The van der Waals surface area contributed by atoms with E-state index in [2.05, 4.69) is 4.74 Å². The number of carbonyl (C=O) groups is 1. The minimum Gasteiger partial charge on any atom is -0.454 e. The predicted molar refractivity (Wildman–Crippen MR) is 57.5 cm³/mol. The van der Waals surface area contributed by atoms with Crippen molar-refractivity contribution in [1.82, 2.24) is 5.01 Å². The van der Waals surface area contributed by atoms with E-state index >= 15 is 0 Å². The van der Waals surface area contributed by atoms with Gasteiger partial charge in [0.25, 0.3) is 0 Å². The second-order valence-corrected chi connectivity index (χ2v) is 3.45. The lowest BCUT2D eigenvalue weighted by atomic mass is 10.2. The van der Waals surface area contributed by atoms with Crippen molar-refractivity contribution in [1.29, 1.82) is 0 Å². The summed E-state index contributed by atoms with van der Waals surface area (Å²) in [6.07, 6.45) is -1.03. The number of benzene rings is 1. The number of hydrogen-bond acceptors (Lipinski definition) is 6. The van der Waals surface area contributed by atoms with Gasteiger partial charge in [0.15, 0.2) is 16.5 Å². The lowest BCUT2D eigenvalue weighted by Gasteiger charge is -2.10. The van der Waals surface area contributed by atoms with Crippen LogP contribution in [0.3, 0.4) is 0 Å². The first kappa shape index (κ1) is 12.0. The smallest absolute Gasteiger partial charge is 0.454 e. The largest absolute Gasteiger partial charge is 0.468 e. The summed E-state index contributed by atoms with van der Waals surface area (Å²) in [5.41, 5.74) is 0.543. The molecule has 0 unspecified atom stereocenters. The van der Waals surface area contributed by atoms with Crippen LogP contribution in [-0.4, -0.2) is 30.0 Å². The van der Waals surface area contributed by atoms with Crippen molar-refractivity contribution in [2.45, 2.75) is 6.54 Å². The van der Waals surface area contributed by atoms with Crippen molar-refractivity contribution >= 4 is 6.09 Å². The molecule has 0 fully saturated rings. The molecule has 0 spiro atoms. The lowest BCUT2D eigenvalue weighted by Crippen LogP contribution is -2.35. The van der Waals surface area contributed by atoms with E-state index < -0.39 is 11.1 Å². The van der Waals surface area contributed by atoms with Gasteiger partial charge in [0.05, 0.1) is 7.11 Å². The van der Waals surface area contributed by atoms with Crippen molar-refractivity contribution < 1.29 is 24.0 Å². The molecule has 8 nitrogen and oxygen atoms in total. The highest BCUT2D eigenvalue weighted by Gasteiger charge is 2.26. The Bertz CT molecular complexity index is 489. The molecule has 18 heavy (non-hydrogen) atoms. The zero-order valence-corrected chi connectivity index (χ0v) is 9.49. The average molecular weight is 254 g/mol. The molecule has 0 saturated heterocycles. The van der Waals surface area contributed by atoms with Crippen LogP contribution in [0.5, 0.6) is 11.5 Å². The van der Waals surface area contributed by atoms with Crippen molar-refractivity contribution in [3.05, 3.63) is 33.9 Å².